The van der Waals surface area contributed by atoms with Crippen molar-refractivity contribution in [2.75, 3.05) is 19.0 Å². The third kappa shape index (κ3) is 5.64. The summed E-state index contributed by atoms with van der Waals surface area (Å²) in [7, 11) is 1.47. The number of para-hydroxylation sites is 2. The minimum Gasteiger partial charge on any atom is -0.495 e. The van der Waals surface area contributed by atoms with Crippen molar-refractivity contribution < 1.29 is 28.2 Å². The number of carbonyl (C=O) groups excluding carboxylic acids is 3. The Labute approximate surface area is 201 Å². The molecule has 0 radical (unpaired) electrons. The molecule has 8 nitrogen and oxygen atoms in total. The van der Waals surface area contributed by atoms with Gasteiger partial charge in [0.1, 0.15) is 36.2 Å². The van der Waals surface area contributed by atoms with Gasteiger partial charge in [-0.2, -0.15) is 0 Å². The maximum atomic E-state index is 13.8. The van der Waals surface area contributed by atoms with E-state index in [1.807, 2.05) is 0 Å². The van der Waals surface area contributed by atoms with Gasteiger partial charge in [0.25, 0.3) is 5.91 Å². The van der Waals surface area contributed by atoms with Gasteiger partial charge in [-0.1, -0.05) is 42.5 Å². The average molecular weight is 475 g/mol. The molecule has 0 aliphatic carbocycles. The Bertz CT molecular complexity index is 1310. The average Bonchev–Trinajstić information content (AvgIpc) is 3.11. The lowest BCUT2D eigenvalue weighted by Crippen LogP contribution is -2.38. The summed E-state index contributed by atoms with van der Waals surface area (Å²) in [5.74, 6) is -0.631. The molecule has 1 aliphatic rings. The first kappa shape index (κ1) is 23.5. The van der Waals surface area contributed by atoms with Gasteiger partial charge in [0.05, 0.1) is 12.8 Å². The molecule has 0 aromatic heterocycles. The highest BCUT2D eigenvalue weighted by Crippen LogP contribution is 2.23. The van der Waals surface area contributed by atoms with Crippen molar-refractivity contribution in [2.45, 2.75) is 6.61 Å². The maximum absolute atomic E-state index is 13.8. The molecular formula is C26H22FN3O5. The zero-order chi connectivity index (χ0) is 24.8. The Morgan fingerprint density at radius 2 is 1.83 bits per heavy atom. The highest BCUT2D eigenvalue weighted by Gasteiger charge is 2.35. The van der Waals surface area contributed by atoms with E-state index < -0.39 is 24.4 Å². The molecular weight excluding hydrogens is 453 g/mol. The minimum atomic E-state index is -0.705. The zero-order valence-electron chi connectivity index (χ0n) is 18.8. The molecule has 4 amide bonds. The van der Waals surface area contributed by atoms with Gasteiger partial charge in [0, 0.05) is 5.56 Å². The van der Waals surface area contributed by atoms with E-state index in [2.05, 4.69) is 10.6 Å². The first-order chi connectivity index (χ1) is 16.9. The summed E-state index contributed by atoms with van der Waals surface area (Å²) in [5.41, 5.74) is 1.44. The fourth-order valence-electron chi connectivity index (χ4n) is 3.43. The third-order valence-corrected chi connectivity index (χ3v) is 5.17. The van der Waals surface area contributed by atoms with Crippen LogP contribution in [0.25, 0.3) is 6.08 Å². The summed E-state index contributed by atoms with van der Waals surface area (Å²) in [6.45, 7) is -0.427. The van der Waals surface area contributed by atoms with Crippen molar-refractivity contribution in [3.63, 3.8) is 0 Å². The fourth-order valence-corrected chi connectivity index (χ4v) is 3.43. The van der Waals surface area contributed by atoms with E-state index in [-0.39, 0.29) is 18.1 Å². The molecule has 0 atom stereocenters. The van der Waals surface area contributed by atoms with Gasteiger partial charge in [-0.3, -0.25) is 9.59 Å². The number of hydrogen-bond donors (Lipinski definition) is 2. The van der Waals surface area contributed by atoms with Gasteiger partial charge in [0.15, 0.2) is 0 Å². The number of benzene rings is 3. The smallest absolute Gasteiger partial charge is 0.329 e. The fraction of sp³-hybridized carbons (Fsp3) is 0.115. The van der Waals surface area contributed by atoms with Crippen molar-refractivity contribution in [3.8, 4) is 11.5 Å². The Hall–Kier alpha value is -4.66. The third-order valence-electron chi connectivity index (χ3n) is 5.17. The van der Waals surface area contributed by atoms with Crippen LogP contribution in [0.1, 0.15) is 11.1 Å². The number of ether oxygens (including phenoxy) is 2. The van der Waals surface area contributed by atoms with Crippen molar-refractivity contribution in [1.82, 2.24) is 10.2 Å². The Kier molecular flexibility index (Phi) is 7.06. The minimum absolute atomic E-state index is 0.0198. The molecule has 3 aromatic rings. The molecule has 4 rings (SSSR count). The number of imide groups is 1. The molecule has 3 aromatic carbocycles. The van der Waals surface area contributed by atoms with E-state index in [0.29, 0.717) is 28.3 Å². The highest BCUT2D eigenvalue weighted by atomic mass is 19.1. The van der Waals surface area contributed by atoms with E-state index in [1.54, 1.807) is 66.7 Å². The summed E-state index contributed by atoms with van der Waals surface area (Å²) in [4.78, 5) is 38.4. The SMILES string of the molecule is COc1ccccc1NC(=O)CN1C(=O)N/C(=C/c2cccc(OCc3ccccc3F)c2)C1=O. The monoisotopic (exact) mass is 475 g/mol. The number of halogens is 1. The molecule has 1 heterocycles. The number of methoxy groups -OCH3 is 1. The van der Waals surface area contributed by atoms with Crippen LogP contribution in [0.15, 0.2) is 78.5 Å². The molecule has 2 N–H and O–H groups in total. The molecule has 35 heavy (non-hydrogen) atoms. The molecule has 178 valence electrons. The standard InChI is InChI=1S/C26H22FN3O5/c1-34-23-12-5-4-11-21(23)28-24(31)15-30-25(32)22(29-26(30)33)14-17-7-6-9-19(13-17)35-16-18-8-2-3-10-20(18)27/h2-14H,15-16H2,1H3,(H,28,31)(H,29,33)/b22-14+. The molecule has 0 saturated carbocycles. The molecule has 9 heteroatoms. The van der Waals surface area contributed by atoms with Crippen LogP contribution in [0.5, 0.6) is 11.5 Å². The van der Waals surface area contributed by atoms with Crippen molar-refractivity contribution >= 4 is 29.6 Å². The van der Waals surface area contributed by atoms with Crippen molar-refractivity contribution in [3.05, 3.63) is 95.4 Å². The first-order valence-electron chi connectivity index (χ1n) is 10.7. The van der Waals surface area contributed by atoms with Crippen LogP contribution < -0.4 is 20.1 Å². The predicted molar refractivity (Wildman–Crippen MR) is 127 cm³/mol. The number of nitrogens with zero attached hydrogens (tertiary/aromatic N) is 1. The number of amides is 4. The van der Waals surface area contributed by atoms with Gasteiger partial charge in [-0.25, -0.2) is 14.1 Å². The van der Waals surface area contributed by atoms with E-state index in [0.717, 1.165) is 4.90 Å². The topological polar surface area (TPSA) is 97.0 Å². The molecule has 0 spiro atoms. The van der Waals surface area contributed by atoms with Crippen LogP contribution in [0.4, 0.5) is 14.9 Å². The number of hydrogen-bond acceptors (Lipinski definition) is 5. The van der Waals surface area contributed by atoms with Crippen LogP contribution in [0.3, 0.4) is 0 Å². The van der Waals surface area contributed by atoms with Crippen LogP contribution in [0, 0.1) is 5.82 Å². The second-order valence-electron chi connectivity index (χ2n) is 7.58. The Balaban J connectivity index is 1.41. The number of carbonyl (C=O) groups is 3. The largest absolute Gasteiger partial charge is 0.495 e. The normalized spacial score (nSPS) is 14.1. The Morgan fingerprint density at radius 3 is 2.63 bits per heavy atom. The number of anilines is 1. The van der Waals surface area contributed by atoms with Crippen LogP contribution >= 0.6 is 0 Å². The Morgan fingerprint density at radius 1 is 1.06 bits per heavy atom. The lowest BCUT2D eigenvalue weighted by molar-refractivity contribution is -0.127. The van der Waals surface area contributed by atoms with Crippen molar-refractivity contribution in [2.24, 2.45) is 0 Å². The number of rotatable bonds is 8. The summed E-state index contributed by atoms with van der Waals surface area (Å²) in [6.07, 6.45) is 1.48. The van der Waals surface area contributed by atoms with Gasteiger partial charge >= 0.3 is 6.03 Å². The van der Waals surface area contributed by atoms with Crippen molar-refractivity contribution in [1.29, 1.82) is 0 Å². The quantitative estimate of drug-likeness (QED) is 0.380. The summed E-state index contributed by atoms with van der Waals surface area (Å²) in [6, 6.07) is 19.2. The molecule has 0 bridgehead atoms. The predicted octanol–water partition coefficient (Wildman–Crippen LogP) is 3.94. The van der Waals surface area contributed by atoms with E-state index in [1.165, 1.54) is 19.3 Å². The van der Waals surface area contributed by atoms with Crippen LogP contribution in [-0.4, -0.2) is 36.4 Å². The summed E-state index contributed by atoms with van der Waals surface area (Å²) in [5, 5.41) is 5.11. The maximum Gasteiger partial charge on any atom is 0.329 e. The molecule has 1 saturated heterocycles. The molecule has 1 fully saturated rings. The van der Waals surface area contributed by atoms with Crippen LogP contribution in [0.2, 0.25) is 0 Å². The van der Waals surface area contributed by atoms with Gasteiger partial charge in [-0.15, -0.1) is 0 Å². The summed E-state index contributed by atoms with van der Waals surface area (Å²) >= 11 is 0. The van der Waals surface area contributed by atoms with Gasteiger partial charge in [-0.05, 0) is 42.0 Å². The van der Waals surface area contributed by atoms with Crippen LogP contribution in [-0.2, 0) is 16.2 Å². The van der Waals surface area contributed by atoms with Gasteiger partial charge in [0.2, 0.25) is 5.91 Å². The molecule has 1 aliphatic heterocycles. The molecule has 0 unspecified atom stereocenters. The number of nitrogens with one attached hydrogen (secondary N) is 2. The zero-order valence-corrected chi connectivity index (χ0v) is 18.8. The lowest BCUT2D eigenvalue weighted by Gasteiger charge is -2.13. The lowest BCUT2D eigenvalue weighted by atomic mass is 10.1. The second-order valence-corrected chi connectivity index (χ2v) is 7.58. The summed E-state index contributed by atoms with van der Waals surface area (Å²) < 4.78 is 24.6. The van der Waals surface area contributed by atoms with E-state index in [4.69, 9.17) is 9.47 Å². The first-order valence-corrected chi connectivity index (χ1v) is 10.7. The highest BCUT2D eigenvalue weighted by molar-refractivity contribution is 6.16. The van der Waals surface area contributed by atoms with Gasteiger partial charge < -0.3 is 20.1 Å². The second kappa shape index (κ2) is 10.5. The number of urea groups is 1. The van der Waals surface area contributed by atoms with E-state index >= 15 is 0 Å². The van der Waals surface area contributed by atoms with E-state index in [9.17, 15) is 18.8 Å².